The van der Waals surface area contributed by atoms with E-state index in [1.165, 1.54) is 13.8 Å². The number of hydrogen-bond acceptors (Lipinski definition) is 4. The largest absolute Gasteiger partial charge is 0.386 e. The lowest BCUT2D eigenvalue weighted by atomic mass is 9.78. The summed E-state index contributed by atoms with van der Waals surface area (Å²) in [6.45, 7) is 14.2. The summed E-state index contributed by atoms with van der Waals surface area (Å²) in [7, 11) is 2.11. The first-order valence-electron chi connectivity index (χ1n) is 12.8. The minimum Gasteiger partial charge on any atom is -0.386 e. The highest BCUT2D eigenvalue weighted by Crippen LogP contribution is 2.45. The molecule has 1 amide bonds. The number of hydrogen-bond donors (Lipinski definition) is 1. The van der Waals surface area contributed by atoms with Crippen molar-refractivity contribution in [3.8, 4) is 0 Å². The first-order valence-corrected chi connectivity index (χ1v) is 12.8. The molecule has 36 heavy (non-hydrogen) atoms. The zero-order chi connectivity index (χ0) is 26.8. The second-order valence-corrected chi connectivity index (χ2v) is 12.4. The first-order chi connectivity index (χ1) is 16.5. The van der Waals surface area contributed by atoms with Crippen LogP contribution in [-0.4, -0.2) is 63.5 Å². The highest BCUT2D eigenvalue weighted by molar-refractivity contribution is 6.02. The van der Waals surface area contributed by atoms with Crippen molar-refractivity contribution in [2.24, 2.45) is 0 Å². The molecule has 1 aromatic heterocycles. The molecule has 1 fully saturated rings. The van der Waals surface area contributed by atoms with E-state index in [1.807, 2.05) is 36.2 Å². The van der Waals surface area contributed by atoms with E-state index >= 15 is 0 Å². The highest BCUT2D eigenvalue weighted by atomic mass is 19.1. The number of benzene rings is 1. The monoisotopic (exact) mass is 497 g/mol. The quantitative estimate of drug-likeness (QED) is 0.618. The maximum atomic E-state index is 14.5. The number of aryl methyl sites for hydroxylation is 1. The Morgan fingerprint density at radius 3 is 2.17 bits per heavy atom. The third kappa shape index (κ3) is 4.41. The number of rotatable bonds is 4. The van der Waals surface area contributed by atoms with Crippen molar-refractivity contribution in [2.45, 2.75) is 83.7 Å². The van der Waals surface area contributed by atoms with Crippen LogP contribution in [0.2, 0.25) is 0 Å². The van der Waals surface area contributed by atoms with Gasteiger partial charge in [0, 0.05) is 42.7 Å². The van der Waals surface area contributed by atoms with Crippen LogP contribution >= 0.6 is 0 Å². The second-order valence-electron chi connectivity index (χ2n) is 12.4. The van der Waals surface area contributed by atoms with Gasteiger partial charge in [-0.3, -0.25) is 14.5 Å². The Kier molecular flexibility index (Phi) is 6.28. The number of aromatic nitrogens is 1. The molecule has 0 aliphatic carbocycles. The van der Waals surface area contributed by atoms with Crippen molar-refractivity contribution in [3.05, 3.63) is 58.4 Å². The zero-order valence-electron chi connectivity index (χ0n) is 22.9. The molecule has 0 saturated carbocycles. The molecule has 196 valence electrons. The highest BCUT2D eigenvalue weighted by Gasteiger charge is 2.49. The summed E-state index contributed by atoms with van der Waals surface area (Å²) in [5.41, 5.74) is 0.272. The number of nitrogens with zero attached hydrogens (tertiary/aromatic N) is 3. The van der Waals surface area contributed by atoms with Crippen molar-refractivity contribution in [1.29, 1.82) is 0 Å². The number of alkyl halides is 1. The van der Waals surface area contributed by atoms with E-state index in [4.69, 9.17) is 0 Å². The van der Waals surface area contributed by atoms with Crippen molar-refractivity contribution in [1.82, 2.24) is 14.4 Å². The van der Waals surface area contributed by atoms with Gasteiger partial charge in [0.05, 0.1) is 16.7 Å². The average molecular weight is 498 g/mol. The van der Waals surface area contributed by atoms with Crippen LogP contribution in [0.3, 0.4) is 0 Å². The van der Waals surface area contributed by atoms with Crippen LogP contribution in [0.25, 0.3) is 0 Å². The molecule has 0 unspecified atom stereocenters. The maximum absolute atomic E-state index is 14.5. The minimum atomic E-state index is -1.94. The van der Waals surface area contributed by atoms with Crippen LogP contribution in [0.15, 0.2) is 30.5 Å². The molecule has 0 radical (unpaired) electrons. The third-order valence-corrected chi connectivity index (χ3v) is 8.12. The number of Topliss-reactive ketones (excluding diaryl/α,β-unsaturated/α-hetero) is 1. The standard InChI is InChI=1S/C29H40FN3O3/c1-19-15-20(9-10-22(19)28(6,7)36)25(35)32-13-11-29(12-14-32)23-16-21(24(34)27(4,5)30)17-33(23)26(2,3)18-31(29)8/h9-10,15-17,36H,11-14,18H2,1-8H3. The fourth-order valence-electron chi connectivity index (χ4n) is 6.18. The van der Waals surface area contributed by atoms with Crippen molar-refractivity contribution >= 4 is 11.7 Å². The van der Waals surface area contributed by atoms with E-state index in [2.05, 4.69) is 30.4 Å². The van der Waals surface area contributed by atoms with Gasteiger partial charge in [-0.15, -0.1) is 0 Å². The molecule has 3 heterocycles. The Labute approximate surface area is 214 Å². The molecule has 1 saturated heterocycles. The molecule has 2 aliphatic rings. The van der Waals surface area contributed by atoms with Crippen LogP contribution in [0.5, 0.6) is 0 Å². The summed E-state index contributed by atoms with van der Waals surface area (Å²) in [6.07, 6.45) is 3.27. The number of carbonyl (C=O) groups is 2. The number of likely N-dealkylation sites (tertiary alicyclic amines) is 1. The number of ketones is 1. The molecule has 2 aromatic rings. The molecule has 0 atom stereocenters. The Morgan fingerprint density at radius 2 is 1.64 bits per heavy atom. The van der Waals surface area contributed by atoms with Crippen molar-refractivity contribution in [2.75, 3.05) is 26.7 Å². The van der Waals surface area contributed by atoms with E-state index in [-0.39, 0.29) is 17.0 Å². The number of likely N-dealkylation sites (N-methyl/N-ethyl adjacent to an activating group) is 1. The Hall–Kier alpha value is -2.51. The van der Waals surface area contributed by atoms with Gasteiger partial charge in [-0.2, -0.15) is 0 Å². The second kappa shape index (κ2) is 8.52. The van der Waals surface area contributed by atoms with Crippen LogP contribution in [-0.2, 0) is 16.7 Å². The third-order valence-electron chi connectivity index (χ3n) is 8.12. The zero-order valence-corrected chi connectivity index (χ0v) is 22.9. The number of carbonyl (C=O) groups excluding carboxylic acids is 2. The molecule has 4 rings (SSSR count). The summed E-state index contributed by atoms with van der Waals surface area (Å²) in [4.78, 5) is 30.4. The van der Waals surface area contributed by atoms with Crippen LogP contribution in [0.4, 0.5) is 4.39 Å². The number of piperidine rings is 1. The molecule has 6 nitrogen and oxygen atoms in total. The van der Waals surface area contributed by atoms with Gasteiger partial charge in [-0.25, -0.2) is 4.39 Å². The molecule has 2 aliphatic heterocycles. The van der Waals surface area contributed by atoms with Crippen LogP contribution < -0.4 is 0 Å². The van der Waals surface area contributed by atoms with E-state index in [0.29, 0.717) is 24.2 Å². The minimum absolute atomic E-state index is 0.0144. The van der Waals surface area contributed by atoms with Gasteiger partial charge in [-0.1, -0.05) is 6.07 Å². The smallest absolute Gasteiger partial charge is 0.253 e. The van der Waals surface area contributed by atoms with E-state index in [1.54, 1.807) is 19.9 Å². The van der Waals surface area contributed by atoms with Crippen molar-refractivity contribution < 1.29 is 19.1 Å². The van der Waals surface area contributed by atoms with Gasteiger partial charge in [-0.05, 0) is 97.7 Å². The van der Waals surface area contributed by atoms with Gasteiger partial charge < -0.3 is 14.6 Å². The Morgan fingerprint density at radius 1 is 1.03 bits per heavy atom. The fourth-order valence-corrected chi connectivity index (χ4v) is 6.18. The fraction of sp³-hybridized carbons (Fsp3) is 0.586. The number of fused-ring (bicyclic) bond motifs is 2. The first kappa shape index (κ1) is 26.6. The predicted molar refractivity (Wildman–Crippen MR) is 139 cm³/mol. The van der Waals surface area contributed by atoms with Gasteiger partial charge >= 0.3 is 0 Å². The van der Waals surface area contributed by atoms with Gasteiger partial charge in [0.15, 0.2) is 5.67 Å². The van der Waals surface area contributed by atoms with Crippen molar-refractivity contribution in [3.63, 3.8) is 0 Å². The summed E-state index contributed by atoms with van der Waals surface area (Å²) in [5, 5.41) is 10.4. The number of amides is 1. The number of halogens is 1. The Bertz CT molecular complexity index is 1190. The van der Waals surface area contributed by atoms with Gasteiger partial charge in [0.25, 0.3) is 5.91 Å². The van der Waals surface area contributed by atoms with Gasteiger partial charge in [0.2, 0.25) is 5.78 Å². The van der Waals surface area contributed by atoms with E-state index in [0.717, 1.165) is 36.2 Å². The predicted octanol–water partition coefficient (Wildman–Crippen LogP) is 4.77. The number of aliphatic hydroxyl groups is 1. The van der Waals surface area contributed by atoms with Crippen LogP contribution in [0.1, 0.15) is 91.9 Å². The van der Waals surface area contributed by atoms with E-state index < -0.39 is 17.1 Å². The summed E-state index contributed by atoms with van der Waals surface area (Å²) < 4.78 is 16.7. The normalized spacial score (nSPS) is 19.9. The lowest BCUT2D eigenvalue weighted by Crippen LogP contribution is -2.60. The molecule has 1 spiro atoms. The summed E-state index contributed by atoms with van der Waals surface area (Å²) in [6, 6.07) is 7.36. The topological polar surface area (TPSA) is 65.8 Å². The average Bonchev–Trinajstić information content (AvgIpc) is 3.23. The molecule has 0 bridgehead atoms. The lowest BCUT2D eigenvalue weighted by molar-refractivity contribution is -0.0140. The molecular formula is C29H40FN3O3. The molecule has 1 N–H and O–H groups in total. The molecule has 1 aromatic carbocycles. The maximum Gasteiger partial charge on any atom is 0.253 e. The molecule has 7 heteroatoms. The SMILES string of the molecule is Cc1cc(C(=O)N2CCC3(CC2)c2cc(C(=O)C(C)(C)F)cn2C(C)(C)CN3C)ccc1C(C)(C)O. The van der Waals surface area contributed by atoms with E-state index in [9.17, 15) is 19.1 Å². The van der Waals surface area contributed by atoms with Crippen LogP contribution in [0, 0.1) is 6.92 Å². The Balaban J connectivity index is 1.61. The lowest BCUT2D eigenvalue weighted by Gasteiger charge is -2.54. The summed E-state index contributed by atoms with van der Waals surface area (Å²) >= 11 is 0. The summed E-state index contributed by atoms with van der Waals surface area (Å²) in [5.74, 6) is -0.519. The van der Waals surface area contributed by atoms with Gasteiger partial charge in [0.1, 0.15) is 0 Å². The molecular weight excluding hydrogens is 457 g/mol.